The number of nitrogens with two attached hydrogens (primary N) is 1. The Bertz CT molecular complexity index is 546. The van der Waals surface area contributed by atoms with E-state index in [2.05, 4.69) is 5.32 Å². The van der Waals surface area contributed by atoms with Gasteiger partial charge >= 0.3 is 0 Å². The molecule has 18 heavy (non-hydrogen) atoms. The van der Waals surface area contributed by atoms with Gasteiger partial charge in [0.1, 0.15) is 0 Å². The van der Waals surface area contributed by atoms with E-state index in [9.17, 15) is 4.79 Å². The second kappa shape index (κ2) is 5.61. The molecule has 2 aromatic rings. The zero-order chi connectivity index (χ0) is 13.1. The largest absolute Gasteiger partial charge is 0.397 e. The van der Waals surface area contributed by atoms with Crippen molar-refractivity contribution >= 4 is 46.1 Å². The van der Waals surface area contributed by atoms with Crippen molar-refractivity contribution in [3.63, 3.8) is 0 Å². The molecule has 0 bridgehead atoms. The first kappa shape index (κ1) is 13.2. The summed E-state index contributed by atoms with van der Waals surface area (Å²) in [7, 11) is 0. The molecule has 94 valence electrons. The lowest BCUT2D eigenvalue weighted by Gasteiger charge is -2.07. The fourth-order valence-electron chi connectivity index (χ4n) is 1.42. The van der Waals surface area contributed by atoms with Gasteiger partial charge in [-0.3, -0.25) is 4.79 Å². The molecule has 0 spiro atoms. The molecule has 0 radical (unpaired) electrons. The van der Waals surface area contributed by atoms with E-state index in [1.54, 1.807) is 11.3 Å². The van der Waals surface area contributed by atoms with Crippen LogP contribution in [0.4, 0.5) is 5.69 Å². The van der Waals surface area contributed by atoms with Gasteiger partial charge in [-0.15, -0.1) is 11.3 Å². The van der Waals surface area contributed by atoms with Gasteiger partial charge in [0.25, 0.3) is 5.91 Å². The van der Waals surface area contributed by atoms with Crippen molar-refractivity contribution in [1.82, 2.24) is 5.32 Å². The number of nitrogens with one attached hydrogen (secondary N) is 1. The average Bonchev–Trinajstić information content (AvgIpc) is 2.85. The molecule has 0 atom stereocenters. The standard InChI is InChI=1S/C12H10Cl2N2OS/c13-9-4-7(5-10(15)11(9)14)12(17)16-6-8-2-1-3-18-8/h1-5H,6,15H2,(H,16,17). The second-order valence-corrected chi connectivity index (χ2v) is 5.44. The molecular weight excluding hydrogens is 291 g/mol. The molecule has 3 N–H and O–H groups in total. The molecule has 1 aromatic heterocycles. The van der Waals surface area contributed by atoms with Crippen molar-refractivity contribution in [2.75, 3.05) is 5.73 Å². The van der Waals surface area contributed by atoms with Crippen molar-refractivity contribution in [2.45, 2.75) is 6.54 Å². The van der Waals surface area contributed by atoms with Gasteiger partial charge in [-0.1, -0.05) is 29.3 Å². The van der Waals surface area contributed by atoms with Crippen LogP contribution in [-0.4, -0.2) is 5.91 Å². The number of nitrogen functional groups attached to an aromatic ring is 1. The number of amides is 1. The van der Waals surface area contributed by atoms with Crippen LogP contribution >= 0.6 is 34.5 Å². The smallest absolute Gasteiger partial charge is 0.251 e. The Morgan fingerprint density at radius 2 is 2.17 bits per heavy atom. The Morgan fingerprint density at radius 1 is 1.39 bits per heavy atom. The molecule has 1 amide bonds. The van der Waals surface area contributed by atoms with Crippen LogP contribution in [0.5, 0.6) is 0 Å². The SMILES string of the molecule is Nc1cc(C(=O)NCc2cccs2)cc(Cl)c1Cl. The van der Waals surface area contributed by atoms with Gasteiger partial charge < -0.3 is 11.1 Å². The number of carbonyl (C=O) groups excluding carboxylic acids is 1. The maximum absolute atomic E-state index is 11.9. The van der Waals surface area contributed by atoms with E-state index in [1.807, 2.05) is 17.5 Å². The predicted octanol–water partition coefficient (Wildman–Crippen LogP) is 3.57. The van der Waals surface area contributed by atoms with Crippen LogP contribution < -0.4 is 11.1 Å². The average molecular weight is 301 g/mol. The summed E-state index contributed by atoms with van der Waals surface area (Å²) < 4.78 is 0. The lowest BCUT2D eigenvalue weighted by atomic mass is 10.2. The van der Waals surface area contributed by atoms with E-state index in [1.165, 1.54) is 12.1 Å². The lowest BCUT2D eigenvalue weighted by molar-refractivity contribution is 0.0951. The van der Waals surface area contributed by atoms with E-state index in [0.717, 1.165) is 4.88 Å². The van der Waals surface area contributed by atoms with E-state index in [4.69, 9.17) is 28.9 Å². The lowest BCUT2D eigenvalue weighted by Crippen LogP contribution is -2.22. The van der Waals surface area contributed by atoms with Crippen molar-refractivity contribution in [2.24, 2.45) is 0 Å². The highest BCUT2D eigenvalue weighted by Crippen LogP contribution is 2.29. The summed E-state index contributed by atoms with van der Waals surface area (Å²) in [6.07, 6.45) is 0. The maximum Gasteiger partial charge on any atom is 0.251 e. The number of rotatable bonds is 3. The minimum Gasteiger partial charge on any atom is -0.397 e. The van der Waals surface area contributed by atoms with E-state index in [0.29, 0.717) is 17.8 Å². The van der Waals surface area contributed by atoms with E-state index in [-0.39, 0.29) is 16.0 Å². The molecule has 0 fully saturated rings. The number of thiophene rings is 1. The molecule has 6 heteroatoms. The number of carbonyl (C=O) groups is 1. The molecular formula is C12H10Cl2N2OS. The quantitative estimate of drug-likeness (QED) is 0.852. The summed E-state index contributed by atoms with van der Waals surface area (Å²) in [5.41, 5.74) is 6.35. The van der Waals surface area contributed by atoms with Gasteiger partial charge in [0.05, 0.1) is 22.3 Å². The highest BCUT2D eigenvalue weighted by atomic mass is 35.5. The predicted molar refractivity (Wildman–Crippen MR) is 76.4 cm³/mol. The highest BCUT2D eigenvalue weighted by Gasteiger charge is 2.11. The Morgan fingerprint density at radius 3 is 2.78 bits per heavy atom. The van der Waals surface area contributed by atoms with Crippen LogP contribution in [0.25, 0.3) is 0 Å². The summed E-state index contributed by atoms with van der Waals surface area (Å²) >= 11 is 13.3. The minimum atomic E-state index is -0.228. The Labute approximate surface area is 119 Å². The van der Waals surface area contributed by atoms with Crippen LogP contribution in [0.15, 0.2) is 29.6 Å². The van der Waals surface area contributed by atoms with Crippen LogP contribution in [-0.2, 0) is 6.54 Å². The van der Waals surface area contributed by atoms with Crippen molar-refractivity contribution in [1.29, 1.82) is 0 Å². The highest BCUT2D eigenvalue weighted by molar-refractivity contribution is 7.09. The first-order valence-electron chi connectivity index (χ1n) is 5.13. The number of anilines is 1. The van der Waals surface area contributed by atoms with Crippen LogP contribution in [0, 0.1) is 0 Å². The van der Waals surface area contributed by atoms with E-state index < -0.39 is 0 Å². The van der Waals surface area contributed by atoms with Gasteiger partial charge in [-0.25, -0.2) is 0 Å². The molecule has 3 nitrogen and oxygen atoms in total. The van der Waals surface area contributed by atoms with E-state index >= 15 is 0 Å². The van der Waals surface area contributed by atoms with Crippen LogP contribution in [0.2, 0.25) is 10.0 Å². The Balaban J connectivity index is 2.09. The summed E-state index contributed by atoms with van der Waals surface area (Å²) in [5.74, 6) is -0.228. The zero-order valence-corrected chi connectivity index (χ0v) is 11.6. The molecule has 2 rings (SSSR count). The summed E-state index contributed by atoms with van der Waals surface area (Å²) in [5, 5.41) is 5.29. The molecule has 0 saturated heterocycles. The van der Waals surface area contributed by atoms with Crippen molar-refractivity contribution in [3.05, 3.63) is 50.1 Å². The summed E-state index contributed by atoms with van der Waals surface area (Å²) in [6, 6.07) is 6.90. The minimum absolute atomic E-state index is 0.228. The van der Waals surface area contributed by atoms with Gasteiger partial charge in [-0.2, -0.15) is 0 Å². The summed E-state index contributed by atoms with van der Waals surface area (Å²) in [6.45, 7) is 0.483. The molecule has 0 aliphatic rings. The summed E-state index contributed by atoms with van der Waals surface area (Å²) in [4.78, 5) is 13.0. The van der Waals surface area contributed by atoms with Crippen molar-refractivity contribution in [3.8, 4) is 0 Å². The van der Waals surface area contributed by atoms with Crippen LogP contribution in [0.3, 0.4) is 0 Å². The molecule has 1 aromatic carbocycles. The third-order valence-electron chi connectivity index (χ3n) is 2.32. The number of benzene rings is 1. The number of hydrogen-bond donors (Lipinski definition) is 2. The van der Waals surface area contributed by atoms with Gasteiger partial charge in [0.15, 0.2) is 0 Å². The monoisotopic (exact) mass is 300 g/mol. The normalized spacial score (nSPS) is 10.3. The molecule has 0 unspecified atom stereocenters. The van der Waals surface area contributed by atoms with Gasteiger partial charge in [0, 0.05) is 10.4 Å². The fraction of sp³-hybridized carbons (Fsp3) is 0.0833. The zero-order valence-electron chi connectivity index (χ0n) is 9.24. The van der Waals surface area contributed by atoms with Gasteiger partial charge in [-0.05, 0) is 23.6 Å². The van der Waals surface area contributed by atoms with Crippen molar-refractivity contribution < 1.29 is 4.79 Å². The first-order valence-corrected chi connectivity index (χ1v) is 6.76. The molecule has 0 aliphatic carbocycles. The number of halogens is 2. The fourth-order valence-corrected chi connectivity index (χ4v) is 2.40. The number of hydrogen-bond acceptors (Lipinski definition) is 3. The third kappa shape index (κ3) is 2.96. The van der Waals surface area contributed by atoms with Crippen LogP contribution in [0.1, 0.15) is 15.2 Å². The Kier molecular flexibility index (Phi) is 4.11. The molecule has 0 saturated carbocycles. The third-order valence-corrected chi connectivity index (χ3v) is 4.01. The molecule has 1 heterocycles. The topological polar surface area (TPSA) is 55.1 Å². The molecule has 0 aliphatic heterocycles. The van der Waals surface area contributed by atoms with Gasteiger partial charge in [0.2, 0.25) is 0 Å². The first-order chi connectivity index (χ1) is 8.58. The Hall–Kier alpha value is -1.23. The maximum atomic E-state index is 11.9. The second-order valence-electron chi connectivity index (χ2n) is 3.62.